The number of halogens is 1. The number of benzene rings is 2. The number of carbonyl (C=O) groups excluding carboxylic acids is 1. The van der Waals surface area contributed by atoms with Gasteiger partial charge in [0.2, 0.25) is 0 Å². The van der Waals surface area contributed by atoms with Crippen molar-refractivity contribution in [2.24, 2.45) is 5.73 Å². The molecule has 1 saturated heterocycles. The number of fused-ring (bicyclic) bond motifs is 1. The topological polar surface area (TPSA) is 87.6 Å². The Morgan fingerprint density at radius 1 is 1.03 bits per heavy atom. The van der Waals surface area contributed by atoms with E-state index in [1.54, 1.807) is 12.5 Å². The van der Waals surface area contributed by atoms with Crippen LogP contribution in [0, 0.1) is 0 Å². The van der Waals surface area contributed by atoms with Crippen LogP contribution in [0.1, 0.15) is 10.4 Å². The number of piperazine rings is 1. The Bertz CT molecular complexity index is 1250. The summed E-state index contributed by atoms with van der Waals surface area (Å²) in [5.74, 6) is -0.519. The van der Waals surface area contributed by atoms with Gasteiger partial charge in [-0.15, -0.1) is 12.4 Å². The summed E-state index contributed by atoms with van der Waals surface area (Å²) in [5, 5.41) is 4.23. The van der Waals surface area contributed by atoms with Crippen LogP contribution in [0.5, 0.6) is 0 Å². The fourth-order valence-electron chi connectivity index (χ4n) is 4.09. The van der Waals surface area contributed by atoms with E-state index in [-0.39, 0.29) is 12.4 Å². The standard InChI is InChI=1S/C25H25N5O2.ClH/c1-29-9-11-30(12-10-29)20-5-3-19(4-6-20)28-24-21-7-2-17(18-8-13-32-16-18)14-23(21)27-15-22(24)25(26)31;/h2-8,13-16H,9-12H2,1H3,(H2,26,31)(H,27,28);1H. The number of rotatable bonds is 5. The molecule has 4 aromatic rings. The summed E-state index contributed by atoms with van der Waals surface area (Å²) in [6.45, 7) is 4.16. The van der Waals surface area contributed by atoms with E-state index in [0.717, 1.165) is 53.9 Å². The van der Waals surface area contributed by atoms with Gasteiger partial charge in [-0.25, -0.2) is 0 Å². The summed E-state index contributed by atoms with van der Waals surface area (Å²) in [7, 11) is 2.15. The van der Waals surface area contributed by atoms with Gasteiger partial charge in [-0.1, -0.05) is 12.1 Å². The van der Waals surface area contributed by atoms with E-state index in [1.165, 1.54) is 11.9 Å². The number of carbonyl (C=O) groups is 1. The normalized spacial score (nSPS) is 14.2. The number of nitrogens with zero attached hydrogens (tertiary/aromatic N) is 3. The Balaban J connectivity index is 0.00000259. The first kappa shape index (κ1) is 22.6. The highest BCUT2D eigenvalue weighted by molar-refractivity contribution is 6.08. The zero-order valence-corrected chi connectivity index (χ0v) is 19.1. The number of amides is 1. The molecule has 1 fully saturated rings. The van der Waals surface area contributed by atoms with E-state index >= 15 is 0 Å². The van der Waals surface area contributed by atoms with Crippen molar-refractivity contribution < 1.29 is 9.21 Å². The predicted molar refractivity (Wildman–Crippen MR) is 135 cm³/mol. The average molecular weight is 464 g/mol. The molecule has 0 aliphatic carbocycles. The highest BCUT2D eigenvalue weighted by Gasteiger charge is 2.16. The monoisotopic (exact) mass is 463 g/mol. The smallest absolute Gasteiger partial charge is 0.252 e. The number of likely N-dealkylation sites (N-methyl/N-ethyl adjacent to an activating group) is 1. The molecular weight excluding hydrogens is 438 g/mol. The van der Waals surface area contributed by atoms with E-state index in [4.69, 9.17) is 10.2 Å². The average Bonchev–Trinajstić information content (AvgIpc) is 3.35. The van der Waals surface area contributed by atoms with Crippen LogP contribution in [-0.2, 0) is 0 Å². The minimum Gasteiger partial charge on any atom is -0.472 e. The maximum atomic E-state index is 12.1. The summed E-state index contributed by atoms with van der Waals surface area (Å²) in [5.41, 5.74) is 11.5. The number of hydrogen-bond acceptors (Lipinski definition) is 6. The van der Waals surface area contributed by atoms with Crippen LogP contribution in [0.25, 0.3) is 22.0 Å². The predicted octanol–water partition coefficient (Wildman–Crippen LogP) is 4.51. The maximum absolute atomic E-state index is 12.1. The van der Waals surface area contributed by atoms with Crippen molar-refractivity contribution in [3.63, 3.8) is 0 Å². The number of aromatic nitrogens is 1. The van der Waals surface area contributed by atoms with E-state index < -0.39 is 5.91 Å². The molecule has 7 nitrogen and oxygen atoms in total. The lowest BCUT2D eigenvalue weighted by atomic mass is 10.0. The lowest BCUT2D eigenvalue weighted by Gasteiger charge is -2.34. The third-order valence-corrected chi connectivity index (χ3v) is 5.99. The van der Waals surface area contributed by atoms with Crippen LogP contribution in [0.2, 0.25) is 0 Å². The van der Waals surface area contributed by atoms with Crippen molar-refractivity contribution >= 4 is 46.3 Å². The van der Waals surface area contributed by atoms with Crippen molar-refractivity contribution in [2.45, 2.75) is 0 Å². The van der Waals surface area contributed by atoms with Crippen molar-refractivity contribution in [1.82, 2.24) is 9.88 Å². The van der Waals surface area contributed by atoms with Crippen LogP contribution in [0.4, 0.5) is 17.1 Å². The minimum absolute atomic E-state index is 0. The molecule has 0 bridgehead atoms. The molecule has 1 aliphatic heterocycles. The zero-order chi connectivity index (χ0) is 22.1. The number of nitrogens with two attached hydrogens (primary N) is 1. The third kappa shape index (κ3) is 4.65. The van der Waals surface area contributed by atoms with Gasteiger partial charge in [0.05, 0.1) is 29.3 Å². The van der Waals surface area contributed by atoms with E-state index in [9.17, 15) is 4.79 Å². The van der Waals surface area contributed by atoms with E-state index in [0.29, 0.717) is 11.3 Å². The fraction of sp³-hybridized carbons (Fsp3) is 0.200. The lowest BCUT2D eigenvalue weighted by molar-refractivity contribution is 0.100. The van der Waals surface area contributed by atoms with Crippen LogP contribution in [0.3, 0.4) is 0 Å². The lowest BCUT2D eigenvalue weighted by Crippen LogP contribution is -2.44. The summed E-state index contributed by atoms with van der Waals surface area (Å²) >= 11 is 0. The Morgan fingerprint density at radius 3 is 2.45 bits per heavy atom. The molecule has 0 atom stereocenters. The number of nitrogens with one attached hydrogen (secondary N) is 1. The summed E-state index contributed by atoms with van der Waals surface area (Å²) < 4.78 is 5.19. The largest absolute Gasteiger partial charge is 0.472 e. The highest BCUT2D eigenvalue weighted by atomic mass is 35.5. The molecule has 3 N–H and O–H groups in total. The molecule has 3 heterocycles. The van der Waals surface area contributed by atoms with Gasteiger partial charge in [-0.2, -0.15) is 0 Å². The number of pyridine rings is 1. The van der Waals surface area contributed by atoms with Gasteiger partial charge in [0.15, 0.2) is 0 Å². The van der Waals surface area contributed by atoms with Crippen LogP contribution in [-0.4, -0.2) is 49.0 Å². The number of anilines is 3. The second kappa shape index (κ2) is 9.52. The molecule has 0 unspecified atom stereocenters. The number of furan rings is 1. The Kier molecular flexibility index (Phi) is 6.53. The first-order valence-corrected chi connectivity index (χ1v) is 10.6. The minimum atomic E-state index is -0.519. The van der Waals surface area contributed by atoms with Crippen LogP contribution in [0.15, 0.2) is 71.7 Å². The molecule has 1 aliphatic rings. The van der Waals surface area contributed by atoms with Crippen molar-refractivity contribution in [3.05, 3.63) is 72.8 Å². The molecule has 0 spiro atoms. The van der Waals surface area contributed by atoms with Crippen LogP contribution >= 0.6 is 12.4 Å². The molecule has 0 radical (unpaired) electrons. The maximum Gasteiger partial charge on any atom is 0.252 e. The molecular formula is C25H26ClN5O2. The summed E-state index contributed by atoms with van der Waals surface area (Å²) in [4.78, 5) is 21.3. The van der Waals surface area contributed by atoms with Crippen molar-refractivity contribution in [3.8, 4) is 11.1 Å². The Hall–Kier alpha value is -3.55. The second-order valence-electron chi connectivity index (χ2n) is 8.12. The number of hydrogen-bond donors (Lipinski definition) is 2. The van der Waals surface area contributed by atoms with Gasteiger partial charge in [-0.05, 0) is 49.0 Å². The Morgan fingerprint density at radius 2 is 1.79 bits per heavy atom. The van der Waals surface area contributed by atoms with Crippen molar-refractivity contribution in [2.75, 3.05) is 43.4 Å². The van der Waals surface area contributed by atoms with Gasteiger partial charge < -0.3 is 25.3 Å². The quantitative estimate of drug-likeness (QED) is 0.452. The van der Waals surface area contributed by atoms with Crippen LogP contribution < -0.4 is 16.0 Å². The van der Waals surface area contributed by atoms with Gasteiger partial charge >= 0.3 is 0 Å². The molecule has 170 valence electrons. The van der Waals surface area contributed by atoms with Gasteiger partial charge in [0, 0.05) is 54.7 Å². The molecule has 33 heavy (non-hydrogen) atoms. The molecule has 1 amide bonds. The fourth-order valence-corrected chi connectivity index (χ4v) is 4.09. The summed E-state index contributed by atoms with van der Waals surface area (Å²) in [6, 6.07) is 16.1. The molecule has 0 saturated carbocycles. The second-order valence-corrected chi connectivity index (χ2v) is 8.12. The number of primary amides is 1. The van der Waals surface area contributed by atoms with Gasteiger partial charge in [0.25, 0.3) is 5.91 Å². The Labute approximate surface area is 198 Å². The summed E-state index contributed by atoms with van der Waals surface area (Å²) in [6.07, 6.45) is 4.87. The SMILES string of the molecule is CN1CCN(c2ccc(Nc3c(C(N)=O)cnc4cc(-c5ccoc5)ccc34)cc2)CC1.Cl. The first-order chi connectivity index (χ1) is 15.6. The zero-order valence-electron chi connectivity index (χ0n) is 18.3. The highest BCUT2D eigenvalue weighted by Crippen LogP contribution is 2.32. The van der Waals surface area contributed by atoms with Gasteiger partial charge in [-0.3, -0.25) is 9.78 Å². The molecule has 5 rings (SSSR count). The third-order valence-electron chi connectivity index (χ3n) is 5.99. The van der Waals surface area contributed by atoms with Crippen molar-refractivity contribution in [1.29, 1.82) is 0 Å². The molecule has 2 aromatic heterocycles. The molecule has 2 aromatic carbocycles. The van der Waals surface area contributed by atoms with Gasteiger partial charge in [0.1, 0.15) is 0 Å². The van der Waals surface area contributed by atoms with E-state index in [1.807, 2.05) is 36.4 Å². The first-order valence-electron chi connectivity index (χ1n) is 10.6. The molecule has 8 heteroatoms. The van der Waals surface area contributed by atoms with E-state index in [2.05, 4.69) is 39.3 Å².